The van der Waals surface area contributed by atoms with E-state index in [0.29, 0.717) is 38.6 Å². The predicted octanol–water partition coefficient (Wildman–Crippen LogP) is 7.21. The lowest BCUT2D eigenvalue weighted by Crippen LogP contribution is -2.31. The molecule has 3 heteroatoms. The first-order valence-electron chi connectivity index (χ1n) is 13.2. The van der Waals surface area contributed by atoms with Crippen LogP contribution in [-0.2, 0) is 7.05 Å². The number of fused-ring (bicyclic) bond motifs is 7. The third-order valence-corrected chi connectivity index (χ3v) is 6.19. The standard InChI is InChI=1S/C28H24NO2/c1-15-13-22(29(5)14-18(15)4)25-17(3)12-16(2)24-21-11-10-20-19-8-6-7-9-23(19)30-26(20)27(21)31-28(24)25/h6-14H,1-5H3/q+1/i2D3,4D3. The van der Waals surface area contributed by atoms with Gasteiger partial charge < -0.3 is 8.83 Å². The van der Waals surface area contributed by atoms with Crippen LogP contribution in [0.15, 0.2) is 63.6 Å². The van der Waals surface area contributed by atoms with Gasteiger partial charge in [-0.2, -0.15) is 0 Å². The monoisotopic (exact) mass is 412 g/mol. The molecule has 6 rings (SSSR count). The molecular weight excluding hydrogens is 382 g/mol. The Kier molecular flexibility index (Phi) is 2.60. The molecule has 0 radical (unpaired) electrons. The van der Waals surface area contributed by atoms with Crippen LogP contribution in [0, 0.1) is 27.6 Å². The summed E-state index contributed by atoms with van der Waals surface area (Å²) in [6.07, 6.45) is 1.61. The third-order valence-electron chi connectivity index (χ3n) is 6.19. The van der Waals surface area contributed by atoms with Crippen LogP contribution in [0.4, 0.5) is 0 Å². The molecule has 0 aliphatic heterocycles. The van der Waals surface area contributed by atoms with Gasteiger partial charge in [-0.1, -0.05) is 24.3 Å². The van der Waals surface area contributed by atoms with E-state index in [1.807, 2.05) is 49.4 Å². The lowest BCUT2D eigenvalue weighted by molar-refractivity contribution is -0.660. The Morgan fingerprint density at radius 2 is 1.52 bits per heavy atom. The summed E-state index contributed by atoms with van der Waals surface area (Å²) < 4.78 is 62.9. The maximum Gasteiger partial charge on any atom is 0.216 e. The van der Waals surface area contributed by atoms with Crippen LogP contribution in [0.25, 0.3) is 55.1 Å². The molecular formula is C28H24NO2+. The summed E-state index contributed by atoms with van der Waals surface area (Å²) in [5.74, 6) is 0. The Bertz CT molecular complexity index is 1890. The zero-order valence-corrected chi connectivity index (χ0v) is 17.5. The Labute approximate surface area is 188 Å². The van der Waals surface area contributed by atoms with Crippen molar-refractivity contribution >= 4 is 43.9 Å². The van der Waals surface area contributed by atoms with Crippen LogP contribution in [0.5, 0.6) is 0 Å². The van der Waals surface area contributed by atoms with Crippen molar-refractivity contribution in [3.8, 4) is 11.3 Å². The van der Waals surface area contributed by atoms with Crippen LogP contribution < -0.4 is 4.57 Å². The van der Waals surface area contributed by atoms with Crippen LogP contribution in [0.3, 0.4) is 0 Å². The molecule has 3 aromatic heterocycles. The van der Waals surface area contributed by atoms with Gasteiger partial charge in [-0.3, -0.25) is 0 Å². The number of hydrogen-bond donors (Lipinski definition) is 0. The molecule has 3 heterocycles. The molecule has 0 saturated heterocycles. The fourth-order valence-corrected chi connectivity index (χ4v) is 4.64. The minimum absolute atomic E-state index is 0.205. The van der Waals surface area contributed by atoms with Crippen LogP contribution in [0.1, 0.15) is 30.5 Å². The zero-order valence-electron chi connectivity index (χ0n) is 23.5. The van der Waals surface area contributed by atoms with E-state index in [1.54, 1.807) is 30.8 Å². The average Bonchev–Trinajstić information content (AvgIpc) is 3.37. The predicted molar refractivity (Wildman–Crippen MR) is 127 cm³/mol. The minimum atomic E-state index is -2.37. The van der Waals surface area contributed by atoms with Gasteiger partial charge in [-0.25, -0.2) is 4.57 Å². The second kappa shape index (κ2) is 6.21. The van der Waals surface area contributed by atoms with Crippen LogP contribution >= 0.6 is 0 Å². The molecule has 3 aromatic carbocycles. The first-order chi connectivity index (χ1) is 17.4. The molecule has 0 fully saturated rings. The van der Waals surface area contributed by atoms with E-state index in [2.05, 4.69) is 0 Å². The lowest BCUT2D eigenvalue weighted by atomic mass is 9.95. The van der Waals surface area contributed by atoms with E-state index < -0.39 is 13.7 Å². The Morgan fingerprint density at radius 1 is 0.742 bits per heavy atom. The summed E-state index contributed by atoms with van der Waals surface area (Å²) >= 11 is 0. The number of aromatic nitrogens is 1. The number of aryl methyl sites for hydroxylation is 5. The molecule has 0 atom stereocenters. The second-order valence-electron chi connectivity index (χ2n) is 8.21. The second-order valence-corrected chi connectivity index (χ2v) is 8.21. The number of para-hydroxylation sites is 1. The zero-order chi connectivity index (χ0) is 26.4. The van der Waals surface area contributed by atoms with Gasteiger partial charge in [0.1, 0.15) is 18.2 Å². The molecule has 0 saturated carbocycles. The van der Waals surface area contributed by atoms with E-state index in [1.165, 1.54) is 0 Å². The van der Waals surface area contributed by atoms with E-state index in [0.717, 1.165) is 27.6 Å². The largest absolute Gasteiger partial charge is 0.452 e. The number of pyridine rings is 1. The van der Waals surface area contributed by atoms with Crippen molar-refractivity contribution in [1.29, 1.82) is 0 Å². The minimum Gasteiger partial charge on any atom is -0.452 e. The van der Waals surface area contributed by atoms with Gasteiger partial charge in [-0.15, -0.1) is 0 Å². The van der Waals surface area contributed by atoms with Gasteiger partial charge in [-0.05, 0) is 62.4 Å². The summed E-state index contributed by atoms with van der Waals surface area (Å²) in [6.45, 7) is -1.00. The summed E-state index contributed by atoms with van der Waals surface area (Å²) in [6, 6.07) is 15.1. The number of hydrogen-bond acceptors (Lipinski definition) is 2. The van der Waals surface area contributed by atoms with Crippen molar-refractivity contribution in [2.45, 2.75) is 27.6 Å². The Hall–Kier alpha value is -3.59. The third kappa shape index (κ3) is 2.43. The summed E-state index contributed by atoms with van der Waals surface area (Å²) in [7, 11) is 1.78. The van der Waals surface area contributed by atoms with E-state index in [4.69, 9.17) is 17.1 Å². The first kappa shape index (κ1) is 13.0. The van der Waals surface area contributed by atoms with Gasteiger partial charge in [0.2, 0.25) is 5.69 Å². The number of benzene rings is 3. The van der Waals surface area contributed by atoms with Crippen molar-refractivity contribution in [3.63, 3.8) is 0 Å². The fourth-order valence-electron chi connectivity index (χ4n) is 4.64. The van der Waals surface area contributed by atoms with Gasteiger partial charge in [0, 0.05) is 41.4 Å². The van der Waals surface area contributed by atoms with Crippen molar-refractivity contribution in [3.05, 3.63) is 77.0 Å². The normalized spacial score (nSPS) is 15.7. The average molecular weight is 413 g/mol. The van der Waals surface area contributed by atoms with Crippen molar-refractivity contribution in [2.24, 2.45) is 7.05 Å². The van der Waals surface area contributed by atoms with E-state index >= 15 is 0 Å². The summed E-state index contributed by atoms with van der Waals surface area (Å²) in [4.78, 5) is 0. The highest BCUT2D eigenvalue weighted by molar-refractivity contribution is 6.20. The van der Waals surface area contributed by atoms with E-state index in [-0.39, 0.29) is 11.1 Å². The molecule has 0 aliphatic carbocycles. The molecule has 31 heavy (non-hydrogen) atoms. The van der Waals surface area contributed by atoms with Gasteiger partial charge >= 0.3 is 0 Å². The van der Waals surface area contributed by atoms with Crippen molar-refractivity contribution in [2.75, 3.05) is 0 Å². The molecule has 0 unspecified atom stereocenters. The molecule has 0 N–H and O–H groups in total. The fraction of sp³-hybridized carbons (Fsp3) is 0.179. The maximum atomic E-state index is 8.27. The Balaban J connectivity index is 1.78. The van der Waals surface area contributed by atoms with Gasteiger partial charge in [0.15, 0.2) is 17.4 Å². The molecule has 3 nitrogen and oxygen atoms in total. The number of rotatable bonds is 1. The van der Waals surface area contributed by atoms with Crippen molar-refractivity contribution < 1.29 is 21.6 Å². The molecule has 6 aromatic rings. The molecule has 0 aliphatic rings. The SMILES string of the molecule is [2H]C([2H])([2H])c1c[n+](C)c(-c2c(C)cc(C([2H])([2H])[2H])c3c2oc2c3ccc3c4ccccc4oc32)cc1C. The highest BCUT2D eigenvalue weighted by Gasteiger charge is 2.24. The van der Waals surface area contributed by atoms with Gasteiger partial charge in [0.25, 0.3) is 0 Å². The van der Waals surface area contributed by atoms with Crippen LogP contribution in [-0.4, -0.2) is 0 Å². The molecule has 0 spiro atoms. The summed E-state index contributed by atoms with van der Waals surface area (Å²) in [5, 5.41) is 3.01. The lowest BCUT2D eigenvalue weighted by Gasteiger charge is -2.09. The quantitative estimate of drug-likeness (QED) is 0.267. The first-order valence-corrected chi connectivity index (χ1v) is 10.2. The van der Waals surface area contributed by atoms with E-state index in [9.17, 15) is 0 Å². The smallest absolute Gasteiger partial charge is 0.216 e. The number of nitrogens with zero attached hydrogens (tertiary/aromatic N) is 1. The highest BCUT2D eigenvalue weighted by Crippen LogP contribution is 2.43. The van der Waals surface area contributed by atoms with Gasteiger partial charge in [0.05, 0.1) is 5.56 Å². The highest BCUT2D eigenvalue weighted by atomic mass is 16.4. The van der Waals surface area contributed by atoms with Crippen molar-refractivity contribution in [1.82, 2.24) is 0 Å². The Morgan fingerprint density at radius 3 is 2.35 bits per heavy atom. The molecule has 152 valence electrons. The topological polar surface area (TPSA) is 30.2 Å². The van der Waals surface area contributed by atoms with Crippen LogP contribution in [0.2, 0.25) is 0 Å². The maximum absolute atomic E-state index is 8.27. The number of furan rings is 2. The molecule has 0 amide bonds. The summed E-state index contributed by atoms with van der Waals surface area (Å²) in [5.41, 5.74) is 5.46. The molecule has 0 bridgehead atoms.